The summed E-state index contributed by atoms with van der Waals surface area (Å²) < 4.78 is 142. The van der Waals surface area contributed by atoms with Crippen molar-refractivity contribution in [3.05, 3.63) is 168 Å². The minimum atomic E-state index is -4.96. The van der Waals surface area contributed by atoms with E-state index in [-0.39, 0.29) is 72.4 Å². The number of carbonyl (C=O) groups excluding carboxylic acids is 4. The summed E-state index contributed by atoms with van der Waals surface area (Å²) >= 11 is 0. The summed E-state index contributed by atoms with van der Waals surface area (Å²) in [5, 5.41) is 36.8. The fourth-order valence-corrected chi connectivity index (χ4v) is 3.59. The van der Waals surface area contributed by atoms with Crippen LogP contribution in [-0.4, -0.2) is 68.3 Å². The van der Waals surface area contributed by atoms with Crippen LogP contribution in [-0.2, 0) is 45.0 Å². The number of halogens is 12. The Bertz CT molecular complexity index is 1830. The number of carbonyl (C=O) groups is 4. The molecule has 0 bridgehead atoms. The molecule has 61 heavy (non-hydrogen) atoms. The van der Waals surface area contributed by atoms with E-state index in [0.717, 1.165) is 0 Å². The molecule has 0 aliphatic heterocycles. The van der Waals surface area contributed by atoms with Crippen LogP contribution < -0.4 is 0 Å². The number of rotatable bonds is 8. The SMILES string of the molecule is O=C(/C=C(\O)c1ccccc1)C(F)(F)F.O=C(/C=C(\O)c1ccccc1)C(F)(F)F.O=C(/C=C(\O)c1ccccc1)C(F)(F)F.O=C(/C=C(\O)c1ccccc1)C(F)(F)F.[Hf]. The summed E-state index contributed by atoms with van der Waals surface area (Å²) in [4.78, 5) is 41.9. The van der Waals surface area contributed by atoms with E-state index in [4.69, 9.17) is 0 Å². The molecule has 0 saturated heterocycles. The molecule has 21 heteroatoms. The quantitative estimate of drug-likeness (QED) is 0.0590. The van der Waals surface area contributed by atoms with Crippen LogP contribution >= 0.6 is 0 Å². The molecule has 0 aromatic heterocycles. The molecular weight excluding hydrogens is 1010 g/mol. The molecule has 4 rings (SSSR count). The topological polar surface area (TPSA) is 149 Å². The minimum Gasteiger partial charge on any atom is -0.507 e. The number of aliphatic hydroxyl groups is 4. The van der Waals surface area contributed by atoms with Gasteiger partial charge in [-0.3, -0.25) is 19.2 Å². The molecule has 0 aliphatic rings. The first-order chi connectivity index (χ1) is 27.6. The first-order valence-corrected chi connectivity index (χ1v) is 15.9. The van der Waals surface area contributed by atoms with Crippen LogP contribution in [0.15, 0.2) is 146 Å². The summed E-state index contributed by atoms with van der Waals surface area (Å²) in [6.07, 6.45) is -19.2. The number of benzene rings is 4. The fraction of sp³-hybridized carbons (Fsp3) is 0.100. The van der Waals surface area contributed by atoms with Gasteiger partial charge in [-0.1, -0.05) is 121 Å². The molecule has 0 heterocycles. The summed E-state index contributed by atoms with van der Waals surface area (Å²) in [5.41, 5.74) is 0.649. The summed E-state index contributed by atoms with van der Waals surface area (Å²) in [6.45, 7) is 0. The van der Waals surface area contributed by atoms with E-state index in [1.807, 2.05) is 0 Å². The molecule has 0 fully saturated rings. The van der Waals surface area contributed by atoms with Gasteiger partial charge >= 0.3 is 24.7 Å². The second-order valence-electron chi connectivity index (χ2n) is 11.0. The maximum Gasteiger partial charge on any atom is 0.454 e. The molecule has 0 amide bonds. The first kappa shape index (κ1) is 54.8. The number of aliphatic hydroxyl groups excluding tert-OH is 4. The van der Waals surface area contributed by atoms with E-state index in [0.29, 0.717) is 0 Å². The average Bonchev–Trinajstić information content (AvgIpc) is 3.18. The third-order valence-electron chi connectivity index (χ3n) is 6.47. The summed E-state index contributed by atoms with van der Waals surface area (Å²) in [6, 6.07) is 30.1. The van der Waals surface area contributed by atoms with Gasteiger partial charge in [0.05, 0.1) is 0 Å². The van der Waals surface area contributed by atoms with Crippen molar-refractivity contribution < 1.29 is 118 Å². The Hall–Kier alpha value is -6.25. The second-order valence-corrected chi connectivity index (χ2v) is 11.0. The Morgan fingerprint density at radius 1 is 0.311 bits per heavy atom. The van der Waals surface area contributed by atoms with Crippen LogP contribution in [0.1, 0.15) is 22.3 Å². The van der Waals surface area contributed by atoms with Crippen LogP contribution in [0, 0.1) is 0 Å². The van der Waals surface area contributed by atoms with E-state index in [9.17, 15) is 92.3 Å². The first-order valence-electron chi connectivity index (χ1n) is 15.9. The Morgan fingerprint density at radius 2 is 0.443 bits per heavy atom. The number of alkyl halides is 12. The van der Waals surface area contributed by atoms with Gasteiger partial charge in [0.2, 0.25) is 0 Å². The molecule has 0 aliphatic carbocycles. The van der Waals surface area contributed by atoms with Crippen molar-refractivity contribution in [2.75, 3.05) is 0 Å². The van der Waals surface area contributed by atoms with E-state index in [1.165, 1.54) is 97.1 Å². The average molecular weight is 1040 g/mol. The van der Waals surface area contributed by atoms with Gasteiger partial charge in [-0.2, -0.15) is 52.7 Å². The molecule has 0 atom stereocenters. The molecule has 0 spiro atoms. The Morgan fingerprint density at radius 3 is 0.557 bits per heavy atom. The molecule has 0 saturated carbocycles. The van der Waals surface area contributed by atoms with Gasteiger partial charge in [0.1, 0.15) is 23.0 Å². The Balaban J connectivity index is 0.000000783. The van der Waals surface area contributed by atoms with Gasteiger partial charge in [0.25, 0.3) is 23.1 Å². The van der Waals surface area contributed by atoms with Crippen LogP contribution in [0.2, 0.25) is 0 Å². The molecule has 4 N–H and O–H groups in total. The molecule has 0 radical (unpaired) electrons. The van der Waals surface area contributed by atoms with Gasteiger partial charge in [-0.15, -0.1) is 0 Å². The summed E-state index contributed by atoms with van der Waals surface area (Å²) in [7, 11) is 0. The second kappa shape index (κ2) is 24.7. The largest absolute Gasteiger partial charge is 0.507 e. The van der Waals surface area contributed by atoms with E-state index in [2.05, 4.69) is 0 Å². The third-order valence-corrected chi connectivity index (χ3v) is 6.47. The zero-order valence-electron chi connectivity index (χ0n) is 30.3. The smallest absolute Gasteiger partial charge is 0.454 e. The van der Waals surface area contributed by atoms with Gasteiger partial charge in [0, 0.05) is 72.4 Å². The summed E-state index contributed by atoms with van der Waals surface area (Å²) in [5.74, 6) is -11.1. The Labute approximate surface area is 355 Å². The number of allylic oxidation sites excluding steroid dienone is 4. The minimum absolute atomic E-state index is 0. The molecule has 8 nitrogen and oxygen atoms in total. The third kappa shape index (κ3) is 21.5. The van der Waals surface area contributed by atoms with Gasteiger partial charge in [-0.05, 0) is 0 Å². The normalized spacial score (nSPS) is 12.4. The zero-order chi connectivity index (χ0) is 45.9. The van der Waals surface area contributed by atoms with E-state index < -0.39 is 70.9 Å². The van der Waals surface area contributed by atoms with Crippen molar-refractivity contribution in [2.24, 2.45) is 0 Å². The maximum absolute atomic E-state index is 11.8. The molecule has 4 aromatic carbocycles. The molecular formula is C40H28F12HfO8. The van der Waals surface area contributed by atoms with Crippen molar-refractivity contribution in [2.45, 2.75) is 24.7 Å². The zero-order valence-corrected chi connectivity index (χ0v) is 33.9. The monoisotopic (exact) mass is 1040 g/mol. The van der Waals surface area contributed by atoms with Gasteiger partial charge in [-0.25, -0.2) is 0 Å². The van der Waals surface area contributed by atoms with Crippen LogP contribution in [0.5, 0.6) is 0 Å². The van der Waals surface area contributed by atoms with Crippen molar-refractivity contribution >= 4 is 46.2 Å². The maximum atomic E-state index is 11.8. The van der Waals surface area contributed by atoms with Crippen molar-refractivity contribution in [3.8, 4) is 0 Å². The predicted molar refractivity (Wildman–Crippen MR) is 192 cm³/mol. The molecule has 324 valence electrons. The van der Waals surface area contributed by atoms with Gasteiger partial charge < -0.3 is 20.4 Å². The van der Waals surface area contributed by atoms with E-state index >= 15 is 0 Å². The molecule has 4 aromatic rings. The predicted octanol–water partition coefficient (Wildman–Crippen LogP) is 10.9. The molecule has 0 unspecified atom stereocenters. The van der Waals surface area contributed by atoms with Crippen LogP contribution in [0.3, 0.4) is 0 Å². The fourth-order valence-electron chi connectivity index (χ4n) is 3.59. The van der Waals surface area contributed by atoms with Crippen molar-refractivity contribution in [1.29, 1.82) is 0 Å². The van der Waals surface area contributed by atoms with Gasteiger partial charge in [0.15, 0.2) is 0 Å². The number of ketones is 4. The van der Waals surface area contributed by atoms with Crippen molar-refractivity contribution in [3.63, 3.8) is 0 Å². The van der Waals surface area contributed by atoms with Crippen molar-refractivity contribution in [1.82, 2.24) is 0 Å². The number of hydrogen-bond acceptors (Lipinski definition) is 8. The van der Waals surface area contributed by atoms with Crippen LogP contribution in [0.25, 0.3) is 23.0 Å². The Kier molecular flexibility index (Phi) is 22.2. The standard InChI is InChI=1S/4C10H7F3O2.Hf/c4*11-10(12,13)9(15)6-8(14)7-4-2-1-3-5-7;/h4*1-6,14H;/b4*8-6-;. The van der Waals surface area contributed by atoms with Crippen LogP contribution in [0.4, 0.5) is 52.7 Å². The van der Waals surface area contributed by atoms with E-state index in [1.54, 1.807) is 24.3 Å². The number of hydrogen-bond donors (Lipinski definition) is 4.